The van der Waals surface area contributed by atoms with Crippen LogP contribution in [-0.4, -0.2) is 32.9 Å². The third kappa shape index (κ3) is 4.47. The number of fused-ring (bicyclic) bond motifs is 1. The van der Waals surface area contributed by atoms with Crippen molar-refractivity contribution in [2.75, 3.05) is 13.2 Å². The van der Waals surface area contributed by atoms with E-state index in [1.165, 1.54) is 10.7 Å². The van der Waals surface area contributed by atoms with E-state index < -0.39 is 4.92 Å². The van der Waals surface area contributed by atoms with Gasteiger partial charge in [-0.3, -0.25) is 14.8 Å². The van der Waals surface area contributed by atoms with Crippen LogP contribution in [-0.2, 0) is 7.05 Å². The van der Waals surface area contributed by atoms with Crippen LogP contribution in [0.1, 0.15) is 39.5 Å². The number of rotatable bonds is 10. The minimum Gasteiger partial charge on any atom is -0.478 e. The molecule has 29 heavy (non-hydrogen) atoms. The van der Waals surface area contributed by atoms with Crippen molar-refractivity contribution in [3.63, 3.8) is 0 Å². The lowest BCUT2D eigenvalue weighted by molar-refractivity contribution is -0.383. The first-order valence-corrected chi connectivity index (χ1v) is 9.93. The van der Waals surface area contributed by atoms with E-state index in [9.17, 15) is 10.1 Å². The maximum atomic E-state index is 11.4. The molecule has 0 unspecified atom stereocenters. The topological polar surface area (TPSA) is 92.3 Å². The molecule has 0 bridgehead atoms. The summed E-state index contributed by atoms with van der Waals surface area (Å²) in [5.74, 6) is 0.930. The summed E-state index contributed by atoms with van der Waals surface area (Å²) in [7, 11) is 1.70. The molecule has 0 aliphatic heterocycles. The van der Waals surface area contributed by atoms with Crippen molar-refractivity contribution in [1.29, 1.82) is 0 Å². The van der Waals surface area contributed by atoms with Gasteiger partial charge in [-0.2, -0.15) is 10.1 Å². The number of aromatic nitrogens is 3. The Kier molecular flexibility index (Phi) is 6.64. The highest BCUT2D eigenvalue weighted by molar-refractivity contribution is 5.98. The largest absolute Gasteiger partial charge is 0.478 e. The molecule has 0 saturated heterocycles. The van der Waals surface area contributed by atoms with Gasteiger partial charge in [-0.1, -0.05) is 38.8 Å². The van der Waals surface area contributed by atoms with Crippen LogP contribution in [0.15, 0.2) is 30.3 Å². The quantitative estimate of drug-likeness (QED) is 0.274. The van der Waals surface area contributed by atoms with Crippen molar-refractivity contribution < 1.29 is 14.4 Å². The van der Waals surface area contributed by atoms with Crippen molar-refractivity contribution in [1.82, 2.24) is 14.8 Å². The molecule has 0 amide bonds. The van der Waals surface area contributed by atoms with Gasteiger partial charge in [-0.15, -0.1) is 0 Å². The van der Waals surface area contributed by atoms with Crippen LogP contribution in [0.2, 0.25) is 0 Å². The van der Waals surface area contributed by atoms with Gasteiger partial charge in [0.2, 0.25) is 11.8 Å². The van der Waals surface area contributed by atoms with Gasteiger partial charge in [0.1, 0.15) is 11.2 Å². The fraction of sp³-hybridized carbons (Fsp3) is 0.429. The molecule has 0 fully saturated rings. The van der Waals surface area contributed by atoms with Crippen LogP contribution in [0.25, 0.3) is 22.2 Å². The zero-order chi connectivity index (χ0) is 20.8. The molecule has 154 valence electrons. The molecule has 0 radical (unpaired) electrons. The zero-order valence-electron chi connectivity index (χ0n) is 17.1. The lowest BCUT2D eigenvalue weighted by Gasteiger charge is -2.12. The van der Waals surface area contributed by atoms with Gasteiger partial charge in [0, 0.05) is 24.6 Å². The van der Waals surface area contributed by atoms with Gasteiger partial charge in [0.05, 0.1) is 23.7 Å². The van der Waals surface area contributed by atoms with Crippen LogP contribution in [0.3, 0.4) is 0 Å². The first-order chi connectivity index (χ1) is 14.1. The number of non-ortho nitro benzene ring substituents is 1. The molecule has 0 atom stereocenters. The Morgan fingerprint density at radius 1 is 1.07 bits per heavy atom. The summed E-state index contributed by atoms with van der Waals surface area (Å²) >= 11 is 0. The van der Waals surface area contributed by atoms with E-state index in [1.807, 2.05) is 12.1 Å². The molecular formula is C21H26N4O4. The summed E-state index contributed by atoms with van der Waals surface area (Å²) in [6, 6.07) is 8.62. The average molecular weight is 398 g/mol. The monoisotopic (exact) mass is 398 g/mol. The van der Waals surface area contributed by atoms with Gasteiger partial charge in [-0.05, 0) is 18.9 Å². The van der Waals surface area contributed by atoms with E-state index in [-0.39, 0.29) is 5.69 Å². The number of nitro benzene ring substituents is 1. The number of nitro groups is 1. The minimum atomic E-state index is -0.393. The van der Waals surface area contributed by atoms with Gasteiger partial charge in [-0.25, -0.2) is 0 Å². The molecule has 8 heteroatoms. The van der Waals surface area contributed by atoms with E-state index in [1.54, 1.807) is 19.2 Å². The number of pyridine rings is 1. The Morgan fingerprint density at radius 3 is 2.48 bits per heavy atom. The normalized spacial score (nSPS) is 11.0. The summed E-state index contributed by atoms with van der Waals surface area (Å²) in [5, 5.41) is 16.7. The number of para-hydroxylation sites is 1. The van der Waals surface area contributed by atoms with Crippen molar-refractivity contribution in [3.05, 3.63) is 40.4 Å². The van der Waals surface area contributed by atoms with Gasteiger partial charge >= 0.3 is 0 Å². The summed E-state index contributed by atoms with van der Waals surface area (Å²) in [4.78, 5) is 15.6. The van der Waals surface area contributed by atoms with Crippen LogP contribution in [0.4, 0.5) is 5.69 Å². The van der Waals surface area contributed by atoms with E-state index in [0.717, 1.165) is 25.7 Å². The number of hydrogen-bond acceptors (Lipinski definition) is 6. The zero-order valence-corrected chi connectivity index (χ0v) is 17.1. The minimum absolute atomic E-state index is 0.0182. The van der Waals surface area contributed by atoms with Crippen molar-refractivity contribution in [3.8, 4) is 23.0 Å². The molecule has 3 rings (SSSR count). The number of unbranched alkanes of at least 4 members (excludes halogenated alkanes) is 2. The first-order valence-electron chi connectivity index (χ1n) is 9.93. The van der Waals surface area contributed by atoms with Crippen LogP contribution < -0.4 is 9.47 Å². The second kappa shape index (κ2) is 9.36. The fourth-order valence-corrected chi connectivity index (χ4v) is 3.09. The second-order valence-electron chi connectivity index (χ2n) is 6.81. The SMILES string of the molecule is CCCCOc1ccc(-c2nn(C)c3c([N+](=O)[O-])cccc23)c(OCCCC)n1. The smallest absolute Gasteiger partial charge is 0.295 e. The Bertz CT molecular complexity index is 1000. The number of aryl methyl sites for hydroxylation is 1. The summed E-state index contributed by atoms with van der Waals surface area (Å²) in [6.07, 6.45) is 3.89. The summed E-state index contributed by atoms with van der Waals surface area (Å²) < 4.78 is 13.2. The molecule has 2 heterocycles. The predicted molar refractivity (Wildman–Crippen MR) is 111 cm³/mol. The Hall–Kier alpha value is -3.16. The van der Waals surface area contributed by atoms with Crippen molar-refractivity contribution >= 4 is 16.6 Å². The highest BCUT2D eigenvalue weighted by Crippen LogP contribution is 2.37. The molecule has 8 nitrogen and oxygen atoms in total. The third-order valence-corrected chi connectivity index (χ3v) is 4.61. The van der Waals surface area contributed by atoms with E-state index >= 15 is 0 Å². The molecule has 1 aromatic carbocycles. The maximum absolute atomic E-state index is 11.4. The van der Waals surface area contributed by atoms with Crippen molar-refractivity contribution in [2.45, 2.75) is 39.5 Å². The molecule has 0 spiro atoms. The predicted octanol–water partition coefficient (Wildman–Crippen LogP) is 4.90. The molecule has 2 aromatic heterocycles. The molecule has 0 saturated carbocycles. The van der Waals surface area contributed by atoms with Gasteiger partial charge in [0.15, 0.2) is 0 Å². The second-order valence-corrected chi connectivity index (χ2v) is 6.81. The third-order valence-electron chi connectivity index (χ3n) is 4.61. The lowest BCUT2D eigenvalue weighted by atomic mass is 10.1. The Balaban J connectivity index is 2.07. The Morgan fingerprint density at radius 2 is 1.79 bits per heavy atom. The number of hydrogen-bond donors (Lipinski definition) is 0. The summed E-state index contributed by atoms with van der Waals surface area (Å²) in [6.45, 7) is 5.31. The van der Waals surface area contributed by atoms with E-state index in [2.05, 4.69) is 23.9 Å². The van der Waals surface area contributed by atoms with E-state index in [4.69, 9.17) is 9.47 Å². The number of benzene rings is 1. The Labute approximate surface area is 169 Å². The average Bonchev–Trinajstić information content (AvgIpc) is 3.05. The molecule has 0 N–H and O–H groups in total. The lowest BCUT2D eigenvalue weighted by Crippen LogP contribution is -2.04. The van der Waals surface area contributed by atoms with Crippen LogP contribution in [0.5, 0.6) is 11.8 Å². The first kappa shape index (κ1) is 20.6. The fourth-order valence-electron chi connectivity index (χ4n) is 3.09. The standard InChI is InChI=1S/C21H26N4O4/c1-4-6-13-28-18-12-11-16(21(22-18)29-14-7-5-2)19-15-9-8-10-17(25(26)27)20(15)24(3)23-19/h8-12H,4-7,13-14H2,1-3H3. The molecule has 3 aromatic rings. The molecule has 0 aliphatic rings. The number of nitrogens with zero attached hydrogens (tertiary/aromatic N) is 4. The molecular weight excluding hydrogens is 372 g/mol. The number of ether oxygens (including phenoxy) is 2. The van der Waals surface area contributed by atoms with E-state index in [0.29, 0.717) is 47.1 Å². The van der Waals surface area contributed by atoms with Crippen LogP contribution >= 0.6 is 0 Å². The maximum Gasteiger partial charge on any atom is 0.295 e. The van der Waals surface area contributed by atoms with Crippen LogP contribution in [0, 0.1) is 10.1 Å². The summed E-state index contributed by atoms with van der Waals surface area (Å²) in [5.41, 5.74) is 1.78. The van der Waals surface area contributed by atoms with Gasteiger partial charge < -0.3 is 9.47 Å². The highest BCUT2D eigenvalue weighted by atomic mass is 16.6. The highest BCUT2D eigenvalue weighted by Gasteiger charge is 2.22. The van der Waals surface area contributed by atoms with Crippen molar-refractivity contribution in [2.24, 2.45) is 7.05 Å². The molecule has 0 aliphatic carbocycles. The van der Waals surface area contributed by atoms with Gasteiger partial charge in [0.25, 0.3) is 5.69 Å².